The van der Waals surface area contributed by atoms with Gasteiger partial charge >= 0.3 is 0 Å². The molecule has 0 saturated carbocycles. The van der Waals surface area contributed by atoms with Crippen LogP contribution in [0.15, 0.2) is 30.5 Å². The minimum Gasteiger partial charge on any atom is -0.493 e. The number of fused-ring (bicyclic) bond motifs is 1. The van der Waals surface area contributed by atoms with E-state index in [1.54, 1.807) is 12.3 Å². The Morgan fingerprint density at radius 3 is 2.89 bits per heavy atom. The molecule has 96 valence electrons. The normalized spacial score (nSPS) is 11.1. The zero-order chi connectivity index (χ0) is 13.0. The van der Waals surface area contributed by atoms with Gasteiger partial charge in [0.1, 0.15) is 5.75 Å². The van der Waals surface area contributed by atoms with Gasteiger partial charge in [0.25, 0.3) is 0 Å². The molecular weight excluding hydrogens is 248 g/mol. The van der Waals surface area contributed by atoms with Crippen molar-refractivity contribution in [2.24, 2.45) is 0 Å². The molecule has 0 aliphatic heterocycles. The van der Waals surface area contributed by atoms with Crippen molar-refractivity contribution in [3.63, 3.8) is 0 Å². The zero-order valence-electron chi connectivity index (χ0n) is 10.7. The molecule has 18 heavy (non-hydrogen) atoms. The third-order valence-corrected chi connectivity index (χ3v) is 3.01. The van der Waals surface area contributed by atoms with Crippen molar-refractivity contribution in [2.75, 3.05) is 27.2 Å². The van der Waals surface area contributed by atoms with E-state index in [4.69, 9.17) is 16.3 Å². The molecule has 1 aromatic carbocycles. The first-order chi connectivity index (χ1) is 8.66. The first-order valence-corrected chi connectivity index (χ1v) is 6.36. The van der Waals surface area contributed by atoms with Gasteiger partial charge in [0.2, 0.25) is 0 Å². The lowest BCUT2D eigenvalue weighted by atomic mass is 10.2. The zero-order valence-corrected chi connectivity index (χ0v) is 11.4. The van der Waals surface area contributed by atoms with Crippen LogP contribution in [0.2, 0.25) is 5.02 Å². The Balaban J connectivity index is 2.02. The Bertz CT molecular complexity index is 528. The Hall–Kier alpha value is -1.32. The molecule has 0 fully saturated rings. The fraction of sp³-hybridized carbons (Fsp3) is 0.357. The van der Waals surface area contributed by atoms with E-state index in [0.29, 0.717) is 6.61 Å². The van der Waals surface area contributed by atoms with Crippen LogP contribution in [0.25, 0.3) is 10.9 Å². The SMILES string of the molecule is CN(C)CCCOc1ccc2c(Cl)ccnc2c1. The summed E-state index contributed by atoms with van der Waals surface area (Å²) in [5, 5.41) is 1.68. The average Bonchev–Trinajstić information content (AvgIpc) is 2.35. The number of rotatable bonds is 5. The molecule has 0 radical (unpaired) electrons. The molecule has 3 nitrogen and oxygen atoms in total. The minimum absolute atomic E-state index is 0.713. The van der Waals surface area contributed by atoms with E-state index in [9.17, 15) is 0 Å². The van der Waals surface area contributed by atoms with Crippen molar-refractivity contribution in [3.05, 3.63) is 35.5 Å². The fourth-order valence-corrected chi connectivity index (χ4v) is 1.97. The molecule has 0 saturated heterocycles. The van der Waals surface area contributed by atoms with Crippen LogP contribution in [0.4, 0.5) is 0 Å². The van der Waals surface area contributed by atoms with Crippen LogP contribution >= 0.6 is 11.6 Å². The lowest BCUT2D eigenvalue weighted by Gasteiger charge is -2.10. The van der Waals surface area contributed by atoms with Gasteiger partial charge in [-0.3, -0.25) is 4.98 Å². The summed E-state index contributed by atoms with van der Waals surface area (Å²) < 4.78 is 5.69. The van der Waals surface area contributed by atoms with Crippen molar-refractivity contribution in [3.8, 4) is 5.75 Å². The molecule has 0 atom stereocenters. The highest BCUT2D eigenvalue weighted by molar-refractivity contribution is 6.35. The molecule has 4 heteroatoms. The third kappa shape index (κ3) is 3.34. The molecule has 0 aliphatic carbocycles. The van der Waals surface area contributed by atoms with E-state index < -0.39 is 0 Å². The second kappa shape index (κ2) is 6.03. The predicted molar refractivity (Wildman–Crippen MR) is 75.4 cm³/mol. The van der Waals surface area contributed by atoms with Gasteiger partial charge in [-0.25, -0.2) is 0 Å². The molecule has 0 unspecified atom stereocenters. The van der Waals surface area contributed by atoms with Crippen molar-refractivity contribution in [1.82, 2.24) is 9.88 Å². The number of aromatic nitrogens is 1. The van der Waals surface area contributed by atoms with E-state index in [1.807, 2.05) is 18.2 Å². The molecule has 0 spiro atoms. The van der Waals surface area contributed by atoms with Crippen LogP contribution in [-0.4, -0.2) is 37.1 Å². The standard InChI is InChI=1S/C14H17ClN2O/c1-17(2)8-3-9-18-11-4-5-12-13(15)6-7-16-14(12)10-11/h4-7,10H,3,8-9H2,1-2H3. The number of hydrogen-bond donors (Lipinski definition) is 0. The van der Waals surface area contributed by atoms with E-state index in [-0.39, 0.29) is 0 Å². The molecule has 2 aromatic rings. The molecular formula is C14H17ClN2O. The maximum absolute atomic E-state index is 6.08. The smallest absolute Gasteiger partial charge is 0.121 e. The number of halogens is 1. The summed E-state index contributed by atoms with van der Waals surface area (Å²) in [4.78, 5) is 6.43. The molecule has 0 N–H and O–H groups in total. The van der Waals surface area contributed by atoms with Crippen LogP contribution in [0, 0.1) is 0 Å². The Morgan fingerprint density at radius 2 is 2.11 bits per heavy atom. The summed E-state index contributed by atoms with van der Waals surface area (Å²) in [7, 11) is 4.11. The van der Waals surface area contributed by atoms with Gasteiger partial charge < -0.3 is 9.64 Å². The van der Waals surface area contributed by atoms with Gasteiger partial charge in [0.05, 0.1) is 17.1 Å². The van der Waals surface area contributed by atoms with Gasteiger partial charge in [-0.05, 0) is 38.7 Å². The summed E-state index contributed by atoms with van der Waals surface area (Å²) in [5.74, 6) is 0.844. The number of ether oxygens (including phenoxy) is 1. The van der Waals surface area contributed by atoms with Gasteiger partial charge in [-0.15, -0.1) is 0 Å². The van der Waals surface area contributed by atoms with Crippen LogP contribution < -0.4 is 4.74 Å². The van der Waals surface area contributed by atoms with Crippen molar-refractivity contribution in [2.45, 2.75) is 6.42 Å². The summed E-state index contributed by atoms with van der Waals surface area (Å²) in [5.41, 5.74) is 0.868. The fourth-order valence-electron chi connectivity index (χ4n) is 1.75. The van der Waals surface area contributed by atoms with E-state index in [1.165, 1.54) is 0 Å². The maximum Gasteiger partial charge on any atom is 0.121 e. The monoisotopic (exact) mass is 264 g/mol. The van der Waals surface area contributed by atoms with E-state index in [2.05, 4.69) is 24.0 Å². The van der Waals surface area contributed by atoms with Gasteiger partial charge in [0.15, 0.2) is 0 Å². The second-order valence-electron chi connectivity index (χ2n) is 4.48. The maximum atomic E-state index is 6.08. The molecule has 0 amide bonds. The molecule has 0 aliphatic rings. The highest BCUT2D eigenvalue weighted by Crippen LogP contribution is 2.25. The quantitative estimate of drug-likeness (QED) is 0.776. The van der Waals surface area contributed by atoms with Crippen molar-refractivity contribution >= 4 is 22.5 Å². The first-order valence-electron chi connectivity index (χ1n) is 5.98. The number of pyridine rings is 1. The van der Waals surface area contributed by atoms with Crippen molar-refractivity contribution < 1.29 is 4.74 Å². The lowest BCUT2D eigenvalue weighted by molar-refractivity contribution is 0.282. The number of nitrogens with zero attached hydrogens (tertiary/aromatic N) is 2. The van der Waals surface area contributed by atoms with Crippen molar-refractivity contribution in [1.29, 1.82) is 0 Å². The Kier molecular flexibility index (Phi) is 4.39. The lowest BCUT2D eigenvalue weighted by Crippen LogP contribution is -2.15. The Labute approximate surface area is 112 Å². The highest BCUT2D eigenvalue weighted by atomic mass is 35.5. The van der Waals surface area contributed by atoms with E-state index >= 15 is 0 Å². The Morgan fingerprint density at radius 1 is 1.28 bits per heavy atom. The van der Waals surface area contributed by atoms with Gasteiger partial charge in [-0.2, -0.15) is 0 Å². The van der Waals surface area contributed by atoms with E-state index in [0.717, 1.165) is 34.6 Å². The van der Waals surface area contributed by atoms with Gasteiger partial charge in [-0.1, -0.05) is 11.6 Å². The third-order valence-electron chi connectivity index (χ3n) is 2.68. The van der Waals surface area contributed by atoms with Crippen LogP contribution in [0.1, 0.15) is 6.42 Å². The summed E-state index contributed by atoms with van der Waals surface area (Å²) >= 11 is 6.08. The summed E-state index contributed by atoms with van der Waals surface area (Å²) in [6, 6.07) is 7.61. The van der Waals surface area contributed by atoms with Crippen LogP contribution in [0.3, 0.4) is 0 Å². The summed E-state index contributed by atoms with van der Waals surface area (Å²) in [6.07, 6.45) is 2.72. The van der Waals surface area contributed by atoms with Crippen LogP contribution in [0.5, 0.6) is 5.75 Å². The highest BCUT2D eigenvalue weighted by Gasteiger charge is 2.02. The summed E-state index contributed by atoms with van der Waals surface area (Å²) in [6.45, 7) is 1.74. The number of benzene rings is 1. The predicted octanol–water partition coefficient (Wildman–Crippen LogP) is 3.22. The largest absolute Gasteiger partial charge is 0.493 e. The number of hydrogen-bond acceptors (Lipinski definition) is 3. The van der Waals surface area contributed by atoms with Crippen LogP contribution in [-0.2, 0) is 0 Å². The average molecular weight is 265 g/mol. The molecule has 0 bridgehead atoms. The van der Waals surface area contributed by atoms with Gasteiger partial charge in [0, 0.05) is 24.2 Å². The molecule has 1 heterocycles. The topological polar surface area (TPSA) is 25.4 Å². The second-order valence-corrected chi connectivity index (χ2v) is 4.88. The first kappa shape index (κ1) is 13.1. The minimum atomic E-state index is 0.713. The molecule has 2 rings (SSSR count). The molecule has 1 aromatic heterocycles.